The zero-order valence-electron chi connectivity index (χ0n) is 11.2. The average Bonchev–Trinajstić information content (AvgIpc) is 2.78. The summed E-state index contributed by atoms with van der Waals surface area (Å²) in [5.41, 5.74) is -0.231. The molecule has 21 heavy (non-hydrogen) atoms. The van der Waals surface area contributed by atoms with E-state index in [0.717, 1.165) is 24.6 Å². The molecule has 10 heteroatoms. The lowest BCUT2D eigenvalue weighted by atomic mass is 10.3. The van der Waals surface area contributed by atoms with Gasteiger partial charge in [-0.3, -0.25) is 4.72 Å². The minimum absolute atomic E-state index is 0.112. The molecule has 2 rings (SSSR count). The average molecular weight is 331 g/mol. The number of aromatic nitrogens is 2. The minimum Gasteiger partial charge on any atom is -0.506 e. The molecule has 0 atom stereocenters. The second-order valence-electron chi connectivity index (χ2n) is 4.39. The fourth-order valence-corrected chi connectivity index (χ4v) is 3.25. The third kappa shape index (κ3) is 3.34. The first-order chi connectivity index (χ1) is 9.59. The predicted octanol–water partition coefficient (Wildman–Crippen LogP) is 0.628. The Hall–Kier alpha value is -2.07. The lowest BCUT2D eigenvalue weighted by molar-refractivity contribution is 0.477. The van der Waals surface area contributed by atoms with Crippen molar-refractivity contribution in [2.75, 3.05) is 11.0 Å². The van der Waals surface area contributed by atoms with Gasteiger partial charge in [-0.1, -0.05) is 0 Å². The fourth-order valence-electron chi connectivity index (χ4n) is 1.56. The SMILES string of the molecule is Cc1ncc(S(=O)(=O)Nc2cc(S(C)(=O)=O)ccc2O)[nH]1. The third-order valence-electron chi connectivity index (χ3n) is 2.61. The van der Waals surface area contributed by atoms with Crippen LogP contribution in [-0.4, -0.2) is 38.2 Å². The van der Waals surface area contributed by atoms with Crippen LogP contribution in [0.3, 0.4) is 0 Å². The van der Waals surface area contributed by atoms with Gasteiger partial charge < -0.3 is 10.1 Å². The predicted molar refractivity (Wildman–Crippen MR) is 75.3 cm³/mol. The quantitative estimate of drug-likeness (QED) is 0.705. The van der Waals surface area contributed by atoms with Gasteiger partial charge in [0.05, 0.1) is 16.8 Å². The van der Waals surface area contributed by atoms with Crippen molar-refractivity contribution in [1.82, 2.24) is 9.97 Å². The van der Waals surface area contributed by atoms with Gasteiger partial charge in [-0.25, -0.2) is 13.4 Å². The molecular weight excluding hydrogens is 318 g/mol. The van der Waals surface area contributed by atoms with Crippen LogP contribution in [0.2, 0.25) is 0 Å². The van der Waals surface area contributed by atoms with Crippen LogP contribution in [0.4, 0.5) is 5.69 Å². The van der Waals surface area contributed by atoms with Gasteiger partial charge in [-0.2, -0.15) is 8.42 Å². The molecule has 8 nitrogen and oxygen atoms in total. The second kappa shape index (κ2) is 5.04. The fraction of sp³-hybridized carbons (Fsp3) is 0.182. The lowest BCUT2D eigenvalue weighted by Crippen LogP contribution is -2.14. The third-order valence-corrected chi connectivity index (χ3v) is 4.99. The van der Waals surface area contributed by atoms with Crippen LogP contribution in [0.15, 0.2) is 34.3 Å². The minimum atomic E-state index is -4.00. The van der Waals surface area contributed by atoms with Crippen molar-refractivity contribution in [2.45, 2.75) is 16.8 Å². The molecule has 114 valence electrons. The molecule has 0 aliphatic heterocycles. The Morgan fingerprint density at radius 1 is 1.24 bits per heavy atom. The molecule has 0 aliphatic rings. The molecule has 1 aromatic heterocycles. The Labute approximate surface area is 121 Å². The van der Waals surface area contributed by atoms with Crippen LogP contribution < -0.4 is 4.72 Å². The van der Waals surface area contributed by atoms with Crippen LogP contribution in [0, 0.1) is 6.92 Å². The molecule has 0 spiro atoms. The number of sulfonamides is 1. The molecule has 0 aliphatic carbocycles. The van der Waals surface area contributed by atoms with E-state index in [9.17, 15) is 21.9 Å². The molecule has 3 N–H and O–H groups in total. The molecule has 1 aromatic carbocycles. The molecule has 0 radical (unpaired) electrons. The zero-order valence-corrected chi connectivity index (χ0v) is 12.8. The van der Waals surface area contributed by atoms with Gasteiger partial charge in [-0.15, -0.1) is 0 Å². The number of H-pyrrole nitrogens is 1. The summed E-state index contributed by atoms with van der Waals surface area (Å²) in [5.74, 6) is 0.0201. The van der Waals surface area contributed by atoms with E-state index < -0.39 is 19.9 Å². The highest BCUT2D eigenvalue weighted by molar-refractivity contribution is 7.92. The maximum absolute atomic E-state index is 12.1. The first-order valence-electron chi connectivity index (χ1n) is 5.67. The number of benzene rings is 1. The van der Waals surface area contributed by atoms with E-state index in [2.05, 4.69) is 14.7 Å². The van der Waals surface area contributed by atoms with E-state index in [4.69, 9.17) is 0 Å². The Morgan fingerprint density at radius 3 is 2.43 bits per heavy atom. The number of hydrogen-bond donors (Lipinski definition) is 3. The number of imidazole rings is 1. The van der Waals surface area contributed by atoms with Gasteiger partial charge in [0.25, 0.3) is 10.0 Å². The summed E-state index contributed by atoms with van der Waals surface area (Å²) in [4.78, 5) is 6.20. The number of sulfone groups is 1. The standard InChI is InChI=1S/C11H13N3O5S2/c1-7-12-6-11(13-7)21(18,19)14-9-5-8(20(2,16)17)3-4-10(9)15/h3-6,14-15H,1-2H3,(H,12,13). The number of hydrogen-bond acceptors (Lipinski definition) is 6. The van der Waals surface area contributed by atoms with E-state index in [1.807, 2.05) is 0 Å². The van der Waals surface area contributed by atoms with Crippen LogP contribution in [0.1, 0.15) is 5.82 Å². The highest BCUT2D eigenvalue weighted by Gasteiger charge is 2.19. The molecule has 2 aromatic rings. The van der Waals surface area contributed by atoms with Crippen molar-refractivity contribution < 1.29 is 21.9 Å². The van der Waals surface area contributed by atoms with Crippen LogP contribution in [0.25, 0.3) is 0 Å². The maximum atomic E-state index is 12.1. The highest BCUT2D eigenvalue weighted by Crippen LogP contribution is 2.28. The first kappa shape index (κ1) is 15.3. The number of aromatic hydroxyl groups is 1. The Morgan fingerprint density at radius 2 is 1.90 bits per heavy atom. The Bertz CT molecular complexity index is 884. The number of aryl methyl sites for hydroxylation is 1. The number of rotatable bonds is 4. The van der Waals surface area contributed by atoms with Crippen LogP contribution >= 0.6 is 0 Å². The monoisotopic (exact) mass is 331 g/mol. The summed E-state index contributed by atoms with van der Waals surface area (Å²) >= 11 is 0. The van der Waals surface area contributed by atoms with Crippen molar-refractivity contribution in [3.8, 4) is 5.75 Å². The molecule has 0 bridgehead atoms. The molecule has 0 saturated carbocycles. The van der Waals surface area contributed by atoms with Crippen molar-refractivity contribution in [3.63, 3.8) is 0 Å². The van der Waals surface area contributed by atoms with E-state index in [0.29, 0.717) is 5.82 Å². The van der Waals surface area contributed by atoms with Crippen molar-refractivity contribution >= 4 is 25.5 Å². The topological polar surface area (TPSA) is 129 Å². The molecule has 0 fully saturated rings. The summed E-state index contributed by atoms with van der Waals surface area (Å²) in [6, 6.07) is 3.33. The summed E-state index contributed by atoms with van der Waals surface area (Å²) in [5, 5.41) is 9.48. The molecule has 0 saturated heterocycles. The maximum Gasteiger partial charge on any atom is 0.279 e. The van der Waals surface area contributed by atoms with Gasteiger partial charge in [0.15, 0.2) is 14.9 Å². The zero-order chi connectivity index (χ0) is 15.8. The highest BCUT2D eigenvalue weighted by atomic mass is 32.2. The summed E-state index contributed by atoms with van der Waals surface area (Å²) in [7, 11) is -7.52. The van der Waals surface area contributed by atoms with Crippen LogP contribution in [-0.2, 0) is 19.9 Å². The Balaban J connectivity index is 2.44. The van der Waals surface area contributed by atoms with Gasteiger partial charge in [0.2, 0.25) is 0 Å². The van der Waals surface area contributed by atoms with Gasteiger partial charge in [0, 0.05) is 6.26 Å². The second-order valence-corrected chi connectivity index (χ2v) is 8.06. The smallest absolute Gasteiger partial charge is 0.279 e. The van der Waals surface area contributed by atoms with Gasteiger partial charge in [-0.05, 0) is 25.1 Å². The van der Waals surface area contributed by atoms with Gasteiger partial charge >= 0.3 is 0 Å². The summed E-state index contributed by atoms with van der Waals surface area (Å²) < 4.78 is 49.2. The molecular formula is C11H13N3O5S2. The van der Waals surface area contributed by atoms with E-state index >= 15 is 0 Å². The van der Waals surface area contributed by atoms with Crippen molar-refractivity contribution in [1.29, 1.82) is 0 Å². The molecule has 0 unspecified atom stereocenters. The first-order valence-corrected chi connectivity index (χ1v) is 9.04. The molecule has 1 heterocycles. The normalized spacial score (nSPS) is 12.3. The van der Waals surface area contributed by atoms with E-state index in [1.165, 1.54) is 6.07 Å². The van der Waals surface area contributed by atoms with Crippen LogP contribution in [0.5, 0.6) is 5.75 Å². The molecule has 0 amide bonds. The number of anilines is 1. The number of phenolic OH excluding ortho intramolecular Hbond substituents is 1. The van der Waals surface area contributed by atoms with Crippen molar-refractivity contribution in [2.24, 2.45) is 0 Å². The van der Waals surface area contributed by atoms with E-state index in [1.54, 1.807) is 6.92 Å². The van der Waals surface area contributed by atoms with Crippen molar-refractivity contribution in [3.05, 3.63) is 30.2 Å². The van der Waals surface area contributed by atoms with Gasteiger partial charge in [0.1, 0.15) is 11.6 Å². The Kier molecular flexibility index (Phi) is 3.68. The number of nitrogens with one attached hydrogen (secondary N) is 2. The number of aromatic amines is 1. The summed E-state index contributed by atoms with van der Waals surface area (Å²) in [6.45, 7) is 1.58. The number of phenols is 1. The lowest BCUT2D eigenvalue weighted by Gasteiger charge is -2.09. The summed E-state index contributed by atoms with van der Waals surface area (Å²) in [6.07, 6.45) is 2.10. The van der Waals surface area contributed by atoms with E-state index in [-0.39, 0.29) is 21.4 Å². The largest absolute Gasteiger partial charge is 0.506 e. The number of nitrogens with zero attached hydrogens (tertiary/aromatic N) is 1.